The van der Waals surface area contributed by atoms with E-state index in [1.165, 1.54) is 18.3 Å². The number of aromatic carboxylic acids is 1. The highest BCUT2D eigenvalue weighted by molar-refractivity contribution is 5.88. The Morgan fingerprint density at radius 2 is 2.17 bits per heavy atom. The zero-order chi connectivity index (χ0) is 13.3. The molecule has 0 amide bonds. The molecule has 1 aromatic heterocycles. The van der Waals surface area contributed by atoms with Crippen LogP contribution in [0.2, 0.25) is 0 Å². The van der Waals surface area contributed by atoms with Gasteiger partial charge < -0.3 is 5.11 Å². The van der Waals surface area contributed by atoms with Gasteiger partial charge in [0.1, 0.15) is 11.4 Å². The number of hydrogen-bond donors (Lipinski definition) is 1. The van der Waals surface area contributed by atoms with Crippen LogP contribution in [-0.2, 0) is 6.54 Å². The van der Waals surface area contributed by atoms with E-state index in [0.717, 1.165) is 11.1 Å². The van der Waals surface area contributed by atoms with Crippen LogP contribution in [0.3, 0.4) is 0 Å². The van der Waals surface area contributed by atoms with Gasteiger partial charge in [-0.1, -0.05) is 6.07 Å². The maximum Gasteiger partial charge on any atom is 0.339 e. The van der Waals surface area contributed by atoms with E-state index >= 15 is 0 Å². The summed E-state index contributed by atoms with van der Waals surface area (Å²) in [6.45, 7) is 3.93. The van der Waals surface area contributed by atoms with E-state index in [1.807, 2.05) is 6.92 Å². The first-order valence-electron chi connectivity index (χ1n) is 5.50. The second kappa shape index (κ2) is 4.60. The molecule has 18 heavy (non-hydrogen) atoms. The molecule has 0 saturated heterocycles. The molecule has 1 heterocycles. The fourth-order valence-corrected chi connectivity index (χ4v) is 1.79. The fourth-order valence-electron chi connectivity index (χ4n) is 1.79. The lowest BCUT2D eigenvalue weighted by Crippen LogP contribution is -2.07. The Balaban J connectivity index is 2.34. The molecule has 4 nitrogen and oxygen atoms in total. The van der Waals surface area contributed by atoms with E-state index in [0.29, 0.717) is 12.2 Å². The molecule has 0 spiro atoms. The minimum atomic E-state index is -1.00. The van der Waals surface area contributed by atoms with E-state index in [4.69, 9.17) is 5.11 Å². The van der Waals surface area contributed by atoms with Gasteiger partial charge in [0.15, 0.2) is 0 Å². The second-order valence-corrected chi connectivity index (χ2v) is 4.18. The Hall–Kier alpha value is -2.17. The van der Waals surface area contributed by atoms with Gasteiger partial charge in [0.2, 0.25) is 0 Å². The van der Waals surface area contributed by atoms with Crippen molar-refractivity contribution in [3.05, 3.63) is 52.6 Å². The fraction of sp³-hybridized carbons (Fsp3) is 0.231. The van der Waals surface area contributed by atoms with Gasteiger partial charge in [-0.15, -0.1) is 0 Å². The van der Waals surface area contributed by atoms with Crippen LogP contribution < -0.4 is 0 Å². The Bertz CT molecular complexity index is 605. The maximum atomic E-state index is 13.2. The van der Waals surface area contributed by atoms with Crippen LogP contribution in [0.15, 0.2) is 24.4 Å². The minimum Gasteiger partial charge on any atom is -0.478 e. The lowest BCUT2D eigenvalue weighted by Gasteiger charge is -2.08. The van der Waals surface area contributed by atoms with Gasteiger partial charge in [-0.25, -0.2) is 9.18 Å². The third-order valence-electron chi connectivity index (χ3n) is 2.96. The number of rotatable bonds is 3. The number of carboxylic acid groups (broad SMARTS) is 1. The molecule has 0 aliphatic heterocycles. The molecule has 0 aliphatic carbocycles. The Morgan fingerprint density at radius 3 is 2.78 bits per heavy atom. The summed E-state index contributed by atoms with van der Waals surface area (Å²) in [5.41, 5.74) is 2.47. The smallest absolute Gasteiger partial charge is 0.339 e. The van der Waals surface area contributed by atoms with Crippen molar-refractivity contribution in [1.82, 2.24) is 9.78 Å². The van der Waals surface area contributed by atoms with Crippen LogP contribution >= 0.6 is 0 Å². The molecule has 0 saturated carbocycles. The highest BCUT2D eigenvalue weighted by Gasteiger charge is 2.13. The number of nitrogens with zero attached hydrogens (tertiary/aromatic N) is 2. The first-order valence-corrected chi connectivity index (χ1v) is 5.50. The van der Waals surface area contributed by atoms with Crippen molar-refractivity contribution in [3.63, 3.8) is 0 Å². The average Bonchev–Trinajstić information content (AvgIpc) is 2.66. The number of benzene rings is 1. The standard InChI is InChI=1S/C13H13FN2O2/c1-8-3-4-11(14)5-10(8)7-16-9(2)12(6-15-16)13(17)18/h3-6H,7H2,1-2H3,(H,17,18). The Morgan fingerprint density at radius 1 is 1.44 bits per heavy atom. The molecule has 0 atom stereocenters. The van der Waals surface area contributed by atoms with Crippen molar-refractivity contribution < 1.29 is 14.3 Å². The predicted molar refractivity (Wildman–Crippen MR) is 64.2 cm³/mol. The number of aryl methyl sites for hydroxylation is 1. The monoisotopic (exact) mass is 248 g/mol. The number of halogens is 1. The van der Waals surface area contributed by atoms with E-state index in [1.54, 1.807) is 17.7 Å². The zero-order valence-electron chi connectivity index (χ0n) is 10.1. The van der Waals surface area contributed by atoms with Gasteiger partial charge in [0.05, 0.1) is 18.4 Å². The first-order chi connectivity index (χ1) is 8.49. The van der Waals surface area contributed by atoms with Gasteiger partial charge >= 0.3 is 5.97 Å². The van der Waals surface area contributed by atoms with Gasteiger partial charge in [-0.2, -0.15) is 5.10 Å². The lowest BCUT2D eigenvalue weighted by atomic mass is 10.1. The molecular formula is C13H13FN2O2. The SMILES string of the molecule is Cc1ccc(F)cc1Cn1ncc(C(=O)O)c1C. The van der Waals surface area contributed by atoms with Gasteiger partial charge in [0.25, 0.3) is 0 Å². The highest BCUT2D eigenvalue weighted by Crippen LogP contribution is 2.14. The van der Waals surface area contributed by atoms with E-state index in [-0.39, 0.29) is 11.4 Å². The van der Waals surface area contributed by atoms with Crippen molar-refractivity contribution in [3.8, 4) is 0 Å². The second-order valence-electron chi connectivity index (χ2n) is 4.18. The van der Waals surface area contributed by atoms with Crippen LogP contribution in [-0.4, -0.2) is 20.9 Å². The summed E-state index contributed by atoms with van der Waals surface area (Å²) in [6, 6.07) is 4.54. The average molecular weight is 248 g/mol. The summed E-state index contributed by atoms with van der Waals surface area (Å²) in [5, 5.41) is 12.9. The summed E-state index contributed by atoms with van der Waals surface area (Å²) < 4.78 is 14.7. The summed E-state index contributed by atoms with van der Waals surface area (Å²) in [7, 11) is 0. The first kappa shape index (κ1) is 12.3. The van der Waals surface area contributed by atoms with E-state index in [2.05, 4.69) is 5.10 Å². The van der Waals surface area contributed by atoms with Crippen LogP contribution in [0, 0.1) is 19.7 Å². The van der Waals surface area contributed by atoms with Gasteiger partial charge in [0, 0.05) is 0 Å². The number of hydrogen-bond acceptors (Lipinski definition) is 2. The third-order valence-corrected chi connectivity index (χ3v) is 2.96. The molecule has 0 fully saturated rings. The molecule has 2 aromatic rings. The molecule has 94 valence electrons. The summed E-state index contributed by atoms with van der Waals surface area (Å²) in [4.78, 5) is 10.9. The number of aromatic nitrogens is 2. The largest absolute Gasteiger partial charge is 0.478 e. The topological polar surface area (TPSA) is 55.1 Å². The van der Waals surface area contributed by atoms with E-state index < -0.39 is 5.97 Å². The van der Waals surface area contributed by atoms with Crippen molar-refractivity contribution in [2.75, 3.05) is 0 Å². The predicted octanol–water partition coefficient (Wildman–Crippen LogP) is 2.39. The molecule has 1 N–H and O–H groups in total. The third kappa shape index (κ3) is 2.25. The molecule has 0 bridgehead atoms. The Labute approximate surface area is 104 Å². The van der Waals surface area contributed by atoms with E-state index in [9.17, 15) is 9.18 Å². The molecule has 0 aliphatic rings. The van der Waals surface area contributed by atoms with Gasteiger partial charge in [-0.3, -0.25) is 4.68 Å². The van der Waals surface area contributed by atoms with Crippen LogP contribution in [0.1, 0.15) is 27.2 Å². The van der Waals surface area contributed by atoms with Crippen LogP contribution in [0.25, 0.3) is 0 Å². The minimum absolute atomic E-state index is 0.170. The summed E-state index contributed by atoms with van der Waals surface area (Å²) in [5.74, 6) is -1.31. The molecule has 2 rings (SSSR count). The van der Waals surface area contributed by atoms with Crippen LogP contribution in [0.4, 0.5) is 4.39 Å². The van der Waals surface area contributed by atoms with Crippen LogP contribution in [0.5, 0.6) is 0 Å². The molecule has 0 unspecified atom stereocenters. The highest BCUT2D eigenvalue weighted by atomic mass is 19.1. The summed E-state index contributed by atoms with van der Waals surface area (Å²) in [6.07, 6.45) is 1.31. The Kier molecular flexibility index (Phi) is 3.14. The van der Waals surface area contributed by atoms with Crippen molar-refractivity contribution in [1.29, 1.82) is 0 Å². The van der Waals surface area contributed by atoms with Gasteiger partial charge in [-0.05, 0) is 37.1 Å². The molecule has 5 heteroatoms. The normalized spacial score (nSPS) is 10.6. The molecular weight excluding hydrogens is 235 g/mol. The van der Waals surface area contributed by atoms with Crippen molar-refractivity contribution in [2.24, 2.45) is 0 Å². The molecule has 0 radical (unpaired) electrons. The maximum absolute atomic E-state index is 13.2. The zero-order valence-corrected chi connectivity index (χ0v) is 10.1. The summed E-state index contributed by atoms with van der Waals surface area (Å²) >= 11 is 0. The van der Waals surface area contributed by atoms with Crippen molar-refractivity contribution >= 4 is 5.97 Å². The van der Waals surface area contributed by atoms with Crippen molar-refractivity contribution in [2.45, 2.75) is 20.4 Å². The number of carboxylic acids is 1. The quantitative estimate of drug-likeness (QED) is 0.907. The molecule has 1 aromatic carbocycles. The number of carbonyl (C=O) groups is 1. The lowest BCUT2D eigenvalue weighted by molar-refractivity contribution is 0.0696.